The van der Waals surface area contributed by atoms with Gasteiger partial charge in [-0.3, -0.25) is 4.79 Å². The summed E-state index contributed by atoms with van der Waals surface area (Å²) in [5, 5.41) is 0. The molecule has 3 rings (SSSR count). The summed E-state index contributed by atoms with van der Waals surface area (Å²) in [5.41, 5.74) is 0. The quantitative estimate of drug-likeness (QED) is 0.681. The molecular weight excluding hydrogens is 166 g/mol. The Hall–Kier alpha value is -1.25. The third-order valence-corrected chi connectivity index (χ3v) is 2.93. The van der Waals surface area contributed by atoms with Gasteiger partial charge in [0.1, 0.15) is 5.76 Å². The van der Waals surface area contributed by atoms with Crippen molar-refractivity contribution < 1.29 is 9.21 Å². The molecule has 13 heavy (non-hydrogen) atoms. The topological polar surface area (TPSA) is 33.5 Å². The van der Waals surface area contributed by atoms with Crippen LogP contribution in [-0.4, -0.2) is 17.4 Å². The Morgan fingerprint density at radius 2 is 2.54 bits per heavy atom. The maximum atomic E-state index is 11.6. The summed E-state index contributed by atoms with van der Waals surface area (Å²) in [5.74, 6) is 2.22. The van der Waals surface area contributed by atoms with Crippen molar-refractivity contribution in [2.75, 3.05) is 6.54 Å². The Morgan fingerprint density at radius 3 is 3.15 bits per heavy atom. The summed E-state index contributed by atoms with van der Waals surface area (Å²) < 4.78 is 5.20. The first-order valence-corrected chi connectivity index (χ1v) is 4.66. The van der Waals surface area contributed by atoms with Crippen LogP contribution in [0.4, 0.5) is 0 Å². The number of rotatable bonds is 2. The molecule has 1 aliphatic carbocycles. The summed E-state index contributed by atoms with van der Waals surface area (Å²) in [4.78, 5) is 13.5. The number of furan rings is 1. The normalized spacial score (nSPS) is 30.8. The van der Waals surface area contributed by atoms with Gasteiger partial charge in [0.15, 0.2) is 0 Å². The van der Waals surface area contributed by atoms with Gasteiger partial charge in [0.25, 0.3) is 0 Å². The minimum Gasteiger partial charge on any atom is -0.467 e. The molecule has 2 aliphatic rings. The molecule has 68 valence electrons. The van der Waals surface area contributed by atoms with E-state index in [9.17, 15) is 4.79 Å². The number of fused-ring (bicyclic) bond motifs is 1. The van der Waals surface area contributed by atoms with Crippen molar-refractivity contribution >= 4 is 5.91 Å². The van der Waals surface area contributed by atoms with Crippen LogP contribution in [0.5, 0.6) is 0 Å². The van der Waals surface area contributed by atoms with E-state index in [0.717, 1.165) is 18.7 Å². The van der Waals surface area contributed by atoms with Gasteiger partial charge in [-0.2, -0.15) is 0 Å². The van der Waals surface area contributed by atoms with Gasteiger partial charge < -0.3 is 9.32 Å². The third-order valence-electron chi connectivity index (χ3n) is 2.93. The molecular formula is C10H11NO2. The van der Waals surface area contributed by atoms with Gasteiger partial charge in [0.05, 0.1) is 12.8 Å². The second-order valence-corrected chi connectivity index (χ2v) is 3.90. The molecule has 0 radical (unpaired) electrons. The summed E-state index contributed by atoms with van der Waals surface area (Å²) in [6.45, 7) is 1.59. The molecule has 1 aromatic rings. The van der Waals surface area contributed by atoms with E-state index in [1.807, 2.05) is 17.0 Å². The van der Waals surface area contributed by atoms with Gasteiger partial charge in [-0.25, -0.2) is 0 Å². The van der Waals surface area contributed by atoms with Crippen LogP contribution in [0.1, 0.15) is 12.2 Å². The molecule has 2 atom stereocenters. The second-order valence-electron chi connectivity index (χ2n) is 3.90. The zero-order valence-corrected chi connectivity index (χ0v) is 7.27. The Morgan fingerprint density at radius 1 is 1.62 bits per heavy atom. The fraction of sp³-hybridized carbons (Fsp3) is 0.500. The number of hydrogen-bond acceptors (Lipinski definition) is 2. The van der Waals surface area contributed by atoms with Crippen molar-refractivity contribution in [3.05, 3.63) is 24.2 Å². The highest BCUT2D eigenvalue weighted by Gasteiger charge is 2.51. The summed E-state index contributed by atoms with van der Waals surface area (Å²) >= 11 is 0. The van der Waals surface area contributed by atoms with Crippen LogP contribution in [0.15, 0.2) is 22.8 Å². The Bertz CT molecular complexity index is 331. The van der Waals surface area contributed by atoms with E-state index in [0.29, 0.717) is 24.3 Å². The molecule has 1 aromatic heterocycles. The molecule has 2 heterocycles. The highest BCUT2D eigenvalue weighted by atomic mass is 16.3. The van der Waals surface area contributed by atoms with E-state index in [4.69, 9.17) is 4.42 Å². The smallest absolute Gasteiger partial charge is 0.226 e. The lowest BCUT2D eigenvalue weighted by molar-refractivity contribution is -0.130. The molecule has 0 spiro atoms. The predicted octanol–water partition coefficient (Wildman–Crippen LogP) is 1.26. The van der Waals surface area contributed by atoms with Crippen LogP contribution in [-0.2, 0) is 11.3 Å². The number of hydrogen-bond donors (Lipinski definition) is 0. The van der Waals surface area contributed by atoms with Gasteiger partial charge in [-0.15, -0.1) is 0 Å². The third kappa shape index (κ3) is 1.07. The van der Waals surface area contributed by atoms with E-state index in [2.05, 4.69) is 0 Å². The van der Waals surface area contributed by atoms with Crippen LogP contribution in [0.2, 0.25) is 0 Å². The van der Waals surface area contributed by atoms with Gasteiger partial charge >= 0.3 is 0 Å². The molecule has 1 saturated heterocycles. The summed E-state index contributed by atoms with van der Waals surface area (Å²) in [6, 6.07) is 3.77. The minimum atomic E-state index is 0.321. The average molecular weight is 177 g/mol. The molecule has 2 fully saturated rings. The second kappa shape index (κ2) is 2.37. The molecule has 1 aliphatic heterocycles. The van der Waals surface area contributed by atoms with Gasteiger partial charge in [-0.1, -0.05) is 0 Å². The number of carbonyl (C=O) groups is 1. The van der Waals surface area contributed by atoms with Gasteiger partial charge in [0, 0.05) is 12.5 Å². The van der Waals surface area contributed by atoms with Crippen LogP contribution >= 0.6 is 0 Å². The molecule has 2 unspecified atom stereocenters. The number of likely N-dealkylation sites (tertiary alicyclic amines) is 1. The first kappa shape index (κ1) is 7.18. The number of carbonyl (C=O) groups excluding carboxylic acids is 1. The molecule has 1 saturated carbocycles. The molecule has 1 amide bonds. The van der Waals surface area contributed by atoms with E-state index in [1.54, 1.807) is 6.26 Å². The fourth-order valence-corrected chi connectivity index (χ4v) is 2.09. The molecule has 3 heteroatoms. The molecule has 0 bridgehead atoms. The number of piperidine rings is 1. The van der Waals surface area contributed by atoms with Crippen molar-refractivity contribution in [2.24, 2.45) is 11.8 Å². The lowest BCUT2D eigenvalue weighted by Crippen LogP contribution is -2.27. The Balaban J connectivity index is 1.71. The summed E-state index contributed by atoms with van der Waals surface area (Å²) in [6.07, 6.45) is 2.77. The predicted molar refractivity (Wildman–Crippen MR) is 45.7 cm³/mol. The van der Waals surface area contributed by atoms with Crippen molar-refractivity contribution in [1.29, 1.82) is 0 Å². The first-order chi connectivity index (χ1) is 6.34. The Labute approximate surface area is 76.3 Å². The van der Waals surface area contributed by atoms with E-state index >= 15 is 0 Å². The largest absolute Gasteiger partial charge is 0.467 e. The summed E-state index contributed by atoms with van der Waals surface area (Å²) in [7, 11) is 0. The molecule has 3 nitrogen and oxygen atoms in total. The highest BCUT2D eigenvalue weighted by Crippen LogP contribution is 2.46. The first-order valence-electron chi connectivity index (χ1n) is 4.66. The lowest BCUT2D eigenvalue weighted by atomic mass is 10.3. The van der Waals surface area contributed by atoms with Crippen LogP contribution < -0.4 is 0 Å². The number of amides is 1. The van der Waals surface area contributed by atoms with E-state index < -0.39 is 0 Å². The maximum absolute atomic E-state index is 11.6. The van der Waals surface area contributed by atoms with Crippen molar-refractivity contribution in [3.8, 4) is 0 Å². The standard InChI is InChI=1S/C10H11NO2/c12-10-9-4-7(9)5-11(10)6-8-2-1-3-13-8/h1-3,7,9H,4-6H2. The fourth-order valence-electron chi connectivity index (χ4n) is 2.09. The van der Waals surface area contributed by atoms with Crippen molar-refractivity contribution in [2.45, 2.75) is 13.0 Å². The SMILES string of the molecule is O=C1C2CC2CN1Cc1ccco1. The highest BCUT2D eigenvalue weighted by molar-refractivity contribution is 5.84. The van der Waals surface area contributed by atoms with E-state index in [1.165, 1.54) is 0 Å². The van der Waals surface area contributed by atoms with Crippen LogP contribution in [0.25, 0.3) is 0 Å². The van der Waals surface area contributed by atoms with Crippen LogP contribution in [0, 0.1) is 11.8 Å². The molecule has 0 N–H and O–H groups in total. The van der Waals surface area contributed by atoms with E-state index in [-0.39, 0.29) is 0 Å². The van der Waals surface area contributed by atoms with Gasteiger partial charge in [0.2, 0.25) is 5.91 Å². The maximum Gasteiger partial charge on any atom is 0.226 e. The monoisotopic (exact) mass is 177 g/mol. The van der Waals surface area contributed by atoms with Crippen molar-refractivity contribution in [3.63, 3.8) is 0 Å². The van der Waals surface area contributed by atoms with Crippen LogP contribution in [0.3, 0.4) is 0 Å². The zero-order chi connectivity index (χ0) is 8.84. The lowest BCUT2D eigenvalue weighted by Gasteiger charge is -2.15. The minimum absolute atomic E-state index is 0.321. The Kier molecular flexibility index (Phi) is 1.31. The van der Waals surface area contributed by atoms with Crippen molar-refractivity contribution in [1.82, 2.24) is 4.90 Å². The average Bonchev–Trinajstić information content (AvgIpc) is 2.55. The zero-order valence-electron chi connectivity index (χ0n) is 7.27. The van der Waals surface area contributed by atoms with Gasteiger partial charge in [-0.05, 0) is 24.5 Å². The number of nitrogens with zero attached hydrogens (tertiary/aromatic N) is 1. The molecule has 0 aromatic carbocycles.